The second-order valence-electron chi connectivity index (χ2n) is 6.30. The number of hydrogen-bond donors (Lipinski definition) is 2. The summed E-state index contributed by atoms with van der Waals surface area (Å²) in [6.45, 7) is 8.66. The van der Waals surface area contributed by atoms with Crippen molar-refractivity contribution in [3.63, 3.8) is 0 Å². The van der Waals surface area contributed by atoms with Crippen LogP contribution < -0.4 is 10.6 Å². The quantitative estimate of drug-likeness (QED) is 0.373. The summed E-state index contributed by atoms with van der Waals surface area (Å²) in [4.78, 5) is 4.63. The van der Waals surface area contributed by atoms with Crippen LogP contribution in [-0.4, -0.2) is 59.7 Å². The number of rotatable bonds is 10. The fourth-order valence-corrected chi connectivity index (χ4v) is 2.47. The van der Waals surface area contributed by atoms with Crippen molar-refractivity contribution in [1.29, 1.82) is 0 Å². The van der Waals surface area contributed by atoms with Crippen molar-refractivity contribution in [2.75, 3.05) is 32.9 Å². The van der Waals surface area contributed by atoms with E-state index >= 15 is 0 Å². The van der Waals surface area contributed by atoms with Crippen LogP contribution in [0.25, 0.3) is 0 Å². The third-order valence-corrected chi connectivity index (χ3v) is 4.24. The highest BCUT2D eigenvalue weighted by molar-refractivity contribution is 5.79. The van der Waals surface area contributed by atoms with Gasteiger partial charge < -0.3 is 24.7 Å². The third kappa shape index (κ3) is 6.99. The van der Waals surface area contributed by atoms with E-state index in [4.69, 9.17) is 9.47 Å². The van der Waals surface area contributed by atoms with E-state index in [0.29, 0.717) is 6.54 Å². The molecule has 1 saturated heterocycles. The lowest BCUT2D eigenvalue weighted by molar-refractivity contribution is 0.0420. The minimum Gasteiger partial charge on any atom is -0.379 e. The first-order valence-corrected chi connectivity index (χ1v) is 9.27. The SMILES string of the molecule is CCCCNC(=NCc1nnc(C)n1C)NCCCOC1CCOC1. The molecule has 25 heavy (non-hydrogen) atoms. The molecule has 142 valence electrons. The number of aryl methyl sites for hydroxylation is 1. The number of hydrogen-bond acceptors (Lipinski definition) is 5. The van der Waals surface area contributed by atoms with E-state index in [2.05, 4.69) is 32.7 Å². The molecule has 1 aromatic rings. The molecule has 0 bridgehead atoms. The molecule has 1 aliphatic rings. The summed E-state index contributed by atoms with van der Waals surface area (Å²) in [5.41, 5.74) is 0. The number of unbranched alkanes of at least 4 members (excludes halogenated alkanes) is 1. The summed E-state index contributed by atoms with van der Waals surface area (Å²) in [5, 5.41) is 15.0. The molecule has 8 heteroatoms. The zero-order chi connectivity index (χ0) is 17.9. The average molecular weight is 352 g/mol. The van der Waals surface area contributed by atoms with Gasteiger partial charge in [0.15, 0.2) is 11.8 Å². The Kier molecular flexibility index (Phi) is 8.68. The fourth-order valence-electron chi connectivity index (χ4n) is 2.47. The molecular formula is C17H32N6O2. The highest BCUT2D eigenvalue weighted by atomic mass is 16.5. The van der Waals surface area contributed by atoms with Crippen LogP contribution in [0.4, 0.5) is 0 Å². The number of nitrogens with zero attached hydrogens (tertiary/aromatic N) is 4. The van der Waals surface area contributed by atoms with Gasteiger partial charge in [-0.15, -0.1) is 10.2 Å². The molecule has 0 aromatic carbocycles. The van der Waals surface area contributed by atoms with Gasteiger partial charge in [0, 0.05) is 33.4 Å². The van der Waals surface area contributed by atoms with Crippen LogP contribution in [0.5, 0.6) is 0 Å². The van der Waals surface area contributed by atoms with Crippen molar-refractivity contribution in [2.45, 2.75) is 52.2 Å². The minimum absolute atomic E-state index is 0.273. The molecule has 0 amide bonds. The summed E-state index contributed by atoms with van der Waals surface area (Å²) in [6.07, 6.45) is 4.49. The van der Waals surface area contributed by atoms with E-state index < -0.39 is 0 Å². The second-order valence-corrected chi connectivity index (χ2v) is 6.30. The maximum atomic E-state index is 5.78. The Hall–Kier alpha value is -1.67. The van der Waals surface area contributed by atoms with Crippen LogP contribution in [0.1, 0.15) is 44.3 Å². The molecule has 0 radical (unpaired) electrons. The van der Waals surface area contributed by atoms with E-state index in [9.17, 15) is 0 Å². The Labute approximate surface area is 150 Å². The van der Waals surface area contributed by atoms with Crippen molar-refractivity contribution in [3.8, 4) is 0 Å². The first kappa shape index (κ1) is 19.7. The largest absolute Gasteiger partial charge is 0.379 e. The van der Waals surface area contributed by atoms with Gasteiger partial charge in [0.1, 0.15) is 12.4 Å². The van der Waals surface area contributed by atoms with Gasteiger partial charge in [-0.2, -0.15) is 0 Å². The summed E-state index contributed by atoms with van der Waals surface area (Å²) in [7, 11) is 1.96. The molecule has 0 spiro atoms. The van der Waals surface area contributed by atoms with Gasteiger partial charge >= 0.3 is 0 Å². The third-order valence-electron chi connectivity index (χ3n) is 4.24. The van der Waals surface area contributed by atoms with Crippen LogP contribution in [0, 0.1) is 6.92 Å². The van der Waals surface area contributed by atoms with Crippen molar-refractivity contribution >= 4 is 5.96 Å². The van der Waals surface area contributed by atoms with Crippen molar-refractivity contribution in [2.24, 2.45) is 12.0 Å². The summed E-state index contributed by atoms with van der Waals surface area (Å²) < 4.78 is 13.1. The molecule has 1 unspecified atom stereocenters. The van der Waals surface area contributed by atoms with Gasteiger partial charge in [0.2, 0.25) is 0 Å². The Morgan fingerprint density at radius 2 is 2.12 bits per heavy atom. The zero-order valence-corrected chi connectivity index (χ0v) is 15.8. The van der Waals surface area contributed by atoms with Gasteiger partial charge in [0.25, 0.3) is 0 Å². The molecule has 2 N–H and O–H groups in total. The Balaban J connectivity index is 1.73. The number of ether oxygens (including phenoxy) is 2. The van der Waals surface area contributed by atoms with Gasteiger partial charge in [0.05, 0.1) is 12.7 Å². The molecule has 1 atom stereocenters. The van der Waals surface area contributed by atoms with E-state index in [1.165, 1.54) is 0 Å². The lowest BCUT2D eigenvalue weighted by Gasteiger charge is -2.13. The standard InChI is InChI=1S/C17H32N6O2/c1-4-5-8-18-17(20-12-16-22-21-14(2)23(16)3)19-9-6-10-25-15-7-11-24-13-15/h15H,4-13H2,1-3H3,(H2,18,19,20). The Morgan fingerprint density at radius 1 is 1.32 bits per heavy atom. The van der Waals surface area contributed by atoms with Gasteiger partial charge in [-0.05, 0) is 26.2 Å². The lowest BCUT2D eigenvalue weighted by Crippen LogP contribution is -2.38. The van der Waals surface area contributed by atoms with Crippen molar-refractivity contribution < 1.29 is 9.47 Å². The molecule has 0 saturated carbocycles. The average Bonchev–Trinajstić information content (AvgIpc) is 3.23. The van der Waals surface area contributed by atoms with E-state index in [-0.39, 0.29) is 6.10 Å². The molecule has 0 aliphatic carbocycles. The first-order valence-electron chi connectivity index (χ1n) is 9.27. The van der Waals surface area contributed by atoms with Crippen LogP contribution in [0.15, 0.2) is 4.99 Å². The van der Waals surface area contributed by atoms with Crippen molar-refractivity contribution in [1.82, 2.24) is 25.4 Å². The highest BCUT2D eigenvalue weighted by Gasteiger charge is 2.15. The monoisotopic (exact) mass is 352 g/mol. The smallest absolute Gasteiger partial charge is 0.191 e. The maximum Gasteiger partial charge on any atom is 0.191 e. The Morgan fingerprint density at radius 3 is 2.76 bits per heavy atom. The first-order chi connectivity index (χ1) is 12.2. The number of aliphatic imine (C=N–C) groups is 1. The van der Waals surface area contributed by atoms with Gasteiger partial charge in [-0.1, -0.05) is 13.3 Å². The molecule has 8 nitrogen and oxygen atoms in total. The molecule has 2 heterocycles. The normalized spacial score (nSPS) is 17.9. The van der Waals surface area contributed by atoms with Gasteiger partial charge in [-0.3, -0.25) is 0 Å². The van der Waals surface area contributed by atoms with Crippen LogP contribution in [0.2, 0.25) is 0 Å². The summed E-state index contributed by atoms with van der Waals surface area (Å²) in [5.74, 6) is 2.57. The number of aromatic nitrogens is 3. The van der Waals surface area contributed by atoms with Crippen LogP contribution in [0.3, 0.4) is 0 Å². The molecule has 2 rings (SSSR count). The van der Waals surface area contributed by atoms with Crippen molar-refractivity contribution in [3.05, 3.63) is 11.6 Å². The number of guanidine groups is 1. The molecule has 1 aromatic heterocycles. The lowest BCUT2D eigenvalue weighted by atomic mass is 10.3. The Bertz CT molecular complexity index is 525. The van der Waals surface area contributed by atoms with E-state index in [1.54, 1.807) is 0 Å². The van der Waals surface area contributed by atoms with E-state index in [1.807, 2.05) is 18.5 Å². The predicted octanol–water partition coefficient (Wildman–Crippen LogP) is 1.15. The zero-order valence-electron chi connectivity index (χ0n) is 15.8. The molecule has 1 fully saturated rings. The van der Waals surface area contributed by atoms with Crippen LogP contribution >= 0.6 is 0 Å². The molecule has 1 aliphatic heterocycles. The van der Waals surface area contributed by atoms with Gasteiger partial charge in [-0.25, -0.2) is 4.99 Å². The van der Waals surface area contributed by atoms with Crippen LogP contribution in [-0.2, 0) is 23.1 Å². The maximum absolute atomic E-state index is 5.78. The topological polar surface area (TPSA) is 85.6 Å². The van der Waals surface area contributed by atoms with E-state index in [0.717, 1.165) is 76.2 Å². The summed E-state index contributed by atoms with van der Waals surface area (Å²) >= 11 is 0. The minimum atomic E-state index is 0.273. The highest BCUT2D eigenvalue weighted by Crippen LogP contribution is 2.07. The fraction of sp³-hybridized carbons (Fsp3) is 0.824. The number of nitrogens with one attached hydrogen (secondary N) is 2. The summed E-state index contributed by atoms with van der Waals surface area (Å²) in [6, 6.07) is 0. The molecular weight excluding hydrogens is 320 g/mol. The predicted molar refractivity (Wildman–Crippen MR) is 97.6 cm³/mol. The second kappa shape index (κ2) is 11.0.